The number of benzene rings is 1. The summed E-state index contributed by atoms with van der Waals surface area (Å²) in [5.41, 5.74) is 0.0316. The fourth-order valence-electron chi connectivity index (χ4n) is 2.62. The average Bonchev–Trinajstić information content (AvgIpc) is 2.54. The number of rotatable bonds is 6. The number of carbonyl (C=O) groups excluding carboxylic acids is 1. The van der Waals surface area contributed by atoms with E-state index in [2.05, 4.69) is 5.32 Å². The summed E-state index contributed by atoms with van der Waals surface area (Å²) in [6, 6.07) is 3.50. The molecule has 1 fully saturated rings. The number of methoxy groups -OCH3 is 1. The fraction of sp³-hybridized carbons (Fsp3) is 0.533. The maximum absolute atomic E-state index is 13.1. The topological polar surface area (TPSA) is 84.7 Å². The van der Waals surface area contributed by atoms with Crippen molar-refractivity contribution in [2.45, 2.75) is 25.3 Å². The summed E-state index contributed by atoms with van der Waals surface area (Å²) in [7, 11) is 1.55. The van der Waals surface area contributed by atoms with Crippen LogP contribution in [0.15, 0.2) is 18.2 Å². The first-order valence-corrected chi connectivity index (χ1v) is 7.48. The minimum absolute atomic E-state index is 0.0191. The van der Waals surface area contributed by atoms with Crippen molar-refractivity contribution in [2.75, 3.05) is 32.1 Å². The van der Waals surface area contributed by atoms with Crippen LogP contribution in [-0.2, 0) is 9.53 Å². The summed E-state index contributed by atoms with van der Waals surface area (Å²) < 4.78 is 18.0. The third-order valence-electron chi connectivity index (χ3n) is 3.88. The number of carbonyl (C=O) groups is 1. The SMILES string of the molecule is COCCC(=O)N1CCC(Nc2ccc(F)cc2[N+](=O)[O-])CC1. The second kappa shape index (κ2) is 7.87. The number of halogens is 1. The molecular formula is C15H20FN3O4. The van der Waals surface area contributed by atoms with Gasteiger partial charge in [0.25, 0.3) is 5.69 Å². The van der Waals surface area contributed by atoms with E-state index < -0.39 is 10.7 Å². The van der Waals surface area contributed by atoms with Crippen molar-refractivity contribution in [1.82, 2.24) is 4.90 Å². The quantitative estimate of drug-likeness (QED) is 0.640. The maximum atomic E-state index is 13.1. The number of nitro benzene ring substituents is 1. The Morgan fingerprint density at radius 3 is 2.78 bits per heavy atom. The van der Waals surface area contributed by atoms with E-state index >= 15 is 0 Å². The number of nitrogens with one attached hydrogen (secondary N) is 1. The predicted molar refractivity (Wildman–Crippen MR) is 82.8 cm³/mol. The molecule has 0 unspecified atom stereocenters. The van der Waals surface area contributed by atoms with Gasteiger partial charge in [-0.15, -0.1) is 0 Å². The van der Waals surface area contributed by atoms with Crippen molar-refractivity contribution in [3.8, 4) is 0 Å². The van der Waals surface area contributed by atoms with Gasteiger partial charge in [0.2, 0.25) is 5.91 Å². The predicted octanol–water partition coefficient (Wildman–Crippen LogP) is 2.17. The van der Waals surface area contributed by atoms with Gasteiger partial charge >= 0.3 is 0 Å². The highest BCUT2D eigenvalue weighted by atomic mass is 19.1. The Balaban J connectivity index is 1.92. The molecule has 7 nitrogen and oxygen atoms in total. The molecule has 1 heterocycles. The van der Waals surface area contributed by atoms with Crippen LogP contribution < -0.4 is 5.32 Å². The Hall–Kier alpha value is -2.22. The van der Waals surface area contributed by atoms with Crippen LogP contribution in [0, 0.1) is 15.9 Å². The smallest absolute Gasteiger partial charge is 0.295 e. The van der Waals surface area contributed by atoms with Crippen LogP contribution in [0.4, 0.5) is 15.8 Å². The van der Waals surface area contributed by atoms with Gasteiger partial charge in [0.1, 0.15) is 11.5 Å². The lowest BCUT2D eigenvalue weighted by atomic mass is 10.0. The van der Waals surface area contributed by atoms with E-state index in [1.165, 1.54) is 12.1 Å². The molecule has 1 aliphatic heterocycles. The van der Waals surface area contributed by atoms with Crippen molar-refractivity contribution in [1.29, 1.82) is 0 Å². The lowest BCUT2D eigenvalue weighted by molar-refractivity contribution is -0.384. The van der Waals surface area contributed by atoms with E-state index in [9.17, 15) is 19.3 Å². The van der Waals surface area contributed by atoms with Crippen LogP contribution in [0.3, 0.4) is 0 Å². The van der Waals surface area contributed by atoms with Gasteiger partial charge in [0.05, 0.1) is 24.0 Å². The molecule has 8 heteroatoms. The molecule has 1 amide bonds. The molecule has 126 valence electrons. The second-order valence-corrected chi connectivity index (χ2v) is 5.46. The largest absolute Gasteiger partial charge is 0.384 e. The average molecular weight is 325 g/mol. The van der Waals surface area contributed by atoms with Crippen LogP contribution in [0.1, 0.15) is 19.3 Å². The van der Waals surface area contributed by atoms with Crippen molar-refractivity contribution in [3.63, 3.8) is 0 Å². The number of nitro groups is 1. The molecule has 2 rings (SSSR count). The molecular weight excluding hydrogens is 305 g/mol. The molecule has 0 atom stereocenters. The van der Waals surface area contributed by atoms with E-state index in [0.29, 0.717) is 44.6 Å². The first kappa shape index (κ1) is 17.1. The maximum Gasteiger partial charge on any atom is 0.295 e. The number of hydrogen-bond acceptors (Lipinski definition) is 5. The molecule has 0 spiro atoms. The Morgan fingerprint density at radius 1 is 1.48 bits per heavy atom. The third kappa shape index (κ3) is 4.62. The number of hydrogen-bond donors (Lipinski definition) is 1. The molecule has 1 saturated heterocycles. The number of piperidine rings is 1. The van der Waals surface area contributed by atoms with E-state index in [0.717, 1.165) is 6.07 Å². The van der Waals surface area contributed by atoms with E-state index in [1.54, 1.807) is 12.0 Å². The highest BCUT2D eigenvalue weighted by molar-refractivity contribution is 5.76. The molecule has 0 bridgehead atoms. The summed E-state index contributed by atoms with van der Waals surface area (Å²) in [5, 5.41) is 14.1. The number of amides is 1. The van der Waals surface area contributed by atoms with Crippen molar-refractivity contribution in [3.05, 3.63) is 34.1 Å². The first-order valence-electron chi connectivity index (χ1n) is 7.48. The highest BCUT2D eigenvalue weighted by Gasteiger charge is 2.24. The Bertz CT molecular complexity index is 574. The van der Waals surface area contributed by atoms with Gasteiger partial charge in [0.15, 0.2) is 0 Å². The number of ether oxygens (including phenoxy) is 1. The molecule has 1 N–H and O–H groups in total. The van der Waals surface area contributed by atoms with E-state index in [-0.39, 0.29) is 17.6 Å². The lowest BCUT2D eigenvalue weighted by Gasteiger charge is -2.32. The zero-order chi connectivity index (χ0) is 16.8. The van der Waals surface area contributed by atoms with Crippen LogP contribution >= 0.6 is 0 Å². The molecule has 23 heavy (non-hydrogen) atoms. The Morgan fingerprint density at radius 2 is 2.17 bits per heavy atom. The summed E-state index contributed by atoms with van der Waals surface area (Å²) >= 11 is 0. The monoisotopic (exact) mass is 325 g/mol. The zero-order valence-corrected chi connectivity index (χ0v) is 13.0. The van der Waals surface area contributed by atoms with Crippen molar-refractivity contribution >= 4 is 17.3 Å². The third-order valence-corrected chi connectivity index (χ3v) is 3.88. The number of nitrogens with zero attached hydrogens (tertiary/aromatic N) is 2. The van der Waals surface area contributed by atoms with Gasteiger partial charge in [-0.3, -0.25) is 14.9 Å². The van der Waals surface area contributed by atoms with Crippen LogP contribution in [0.2, 0.25) is 0 Å². The summed E-state index contributed by atoms with van der Waals surface area (Å²) in [6.45, 7) is 1.59. The Labute approximate surface area is 133 Å². The molecule has 0 aliphatic carbocycles. The van der Waals surface area contributed by atoms with E-state index in [4.69, 9.17) is 4.74 Å². The van der Waals surface area contributed by atoms with Gasteiger partial charge in [0, 0.05) is 26.2 Å². The number of anilines is 1. The Kier molecular flexibility index (Phi) is 5.86. The first-order chi connectivity index (χ1) is 11.0. The van der Waals surface area contributed by atoms with E-state index in [1.807, 2.05) is 0 Å². The number of likely N-dealkylation sites (tertiary alicyclic amines) is 1. The summed E-state index contributed by atoms with van der Waals surface area (Å²) in [4.78, 5) is 24.1. The van der Waals surface area contributed by atoms with Crippen LogP contribution in [0.25, 0.3) is 0 Å². The van der Waals surface area contributed by atoms with Gasteiger partial charge in [-0.1, -0.05) is 0 Å². The zero-order valence-electron chi connectivity index (χ0n) is 13.0. The molecule has 1 aromatic carbocycles. The van der Waals surface area contributed by atoms with Gasteiger partial charge in [-0.2, -0.15) is 0 Å². The molecule has 0 radical (unpaired) electrons. The fourth-order valence-corrected chi connectivity index (χ4v) is 2.62. The standard InChI is InChI=1S/C15H20FN3O4/c1-23-9-6-15(20)18-7-4-12(5-8-18)17-13-3-2-11(16)10-14(13)19(21)22/h2-3,10,12,17H,4-9H2,1H3. The lowest BCUT2D eigenvalue weighted by Crippen LogP contribution is -2.42. The summed E-state index contributed by atoms with van der Waals surface area (Å²) in [6.07, 6.45) is 1.73. The van der Waals surface area contributed by atoms with Crippen LogP contribution in [0.5, 0.6) is 0 Å². The normalized spacial score (nSPS) is 15.5. The van der Waals surface area contributed by atoms with Crippen molar-refractivity contribution in [2.24, 2.45) is 0 Å². The minimum atomic E-state index is -0.638. The minimum Gasteiger partial charge on any atom is -0.384 e. The summed E-state index contributed by atoms with van der Waals surface area (Å²) in [5.74, 6) is -0.584. The van der Waals surface area contributed by atoms with Gasteiger partial charge in [-0.25, -0.2) is 4.39 Å². The molecule has 0 aromatic heterocycles. The van der Waals surface area contributed by atoms with Gasteiger partial charge in [-0.05, 0) is 25.0 Å². The molecule has 1 aliphatic rings. The molecule has 1 aromatic rings. The van der Waals surface area contributed by atoms with Crippen LogP contribution in [-0.4, -0.2) is 48.6 Å². The second-order valence-electron chi connectivity index (χ2n) is 5.46. The van der Waals surface area contributed by atoms with Gasteiger partial charge < -0.3 is 15.0 Å². The van der Waals surface area contributed by atoms with Crippen molar-refractivity contribution < 1.29 is 18.8 Å². The molecule has 0 saturated carbocycles. The highest BCUT2D eigenvalue weighted by Crippen LogP contribution is 2.27.